The molecule has 1 N–H and O–H groups in total. The standard InChI is InChI=1S/C17H27N3O/c1-4-6-10-14-20(3)17(18-5-2)19-13-15-21-16-11-8-7-9-12-16/h4,7-9,11-12H,1,5-6,10,13-15H2,2-3H3,(H,18,19). The number of nitrogens with zero attached hydrogens (tertiary/aromatic N) is 2. The van der Waals surface area contributed by atoms with Crippen LogP contribution in [0.3, 0.4) is 0 Å². The zero-order valence-corrected chi connectivity index (χ0v) is 13.2. The van der Waals surface area contributed by atoms with Gasteiger partial charge < -0.3 is 15.0 Å². The van der Waals surface area contributed by atoms with Crippen LogP contribution in [0.15, 0.2) is 48.0 Å². The van der Waals surface area contributed by atoms with Crippen LogP contribution >= 0.6 is 0 Å². The highest BCUT2D eigenvalue weighted by Crippen LogP contribution is 2.07. The summed E-state index contributed by atoms with van der Waals surface area (Å²) in [6.07, 6.45) is 4.07. The highest BCUT2D eigenvalue weighted by atomic mass is 16.5. The molecule has 116 valence electrons. The molecule has 0 saturated carbocycles. The van der Waals surface area contributed by atoms with Gasteiger partial charge in [-0.2, -0.15) is 0 Å². The van der Waals surface area contributed by atoms with Crippen molar-refractivity contribution in [2.75, 3.05) is 33.3 Å². The number of benzene rings is 1. The first kappa shape index (κ1) is 17.1. The molecule has 4 heteroatoms. The second kappa shape index (κ2) is 10.8. The zero-order chi connectivity index (χ0) is 15.3. The van der Waals surface area contributed by atoms with Crippen molar-refractivity contribution in [3.8, 4) is 5.75 Å². The molecule has 0 aliphatic heterocycles. The maximum absolute atomic E-state index is 5.65. The van der Waals surface area contributed by atoms with E-state index in [1.165, 1.54) is 0 Å². The van der Waals surface area contributed by atoms with Crippen LogP contribution in [0.25, 0.3) is 0 Å². The highest BCUT2D eigenvalue weighted by Gasteiger charge is 2.04. The summed E-state index contributed by atoms with van der Waals surface area (Å²) >= 11 is 0. The van der Waals surface area contributed by atoms with Crippen LogP contribution in [0.4, 0.5) is 0 Å². The third kappa shape index (κ3) is 7.40. The van der Waals surface area contributed by atoms with E-state index in [-0.39, 0.29) is 0 Å². The maximum atomic E-state index is 5.65. The van der Waals surface area contributed by atoms with E-state index in [2.05, 4.69) is 35.8 Å². The molecule has 0 amide bonds. The number of rotatable bonds is 9. The lowest BCUT2D eigenvalue weighted by atomic mass is 10.3. The number of hydrogen-bond donors (Lipinski definition) is 1. The fourth-order valence-electron chi connectivity index (χ4n) is 1.88. The molecular weight excluding hydrogens is 262 g/mol. The fraction of sp³-hybridized carbons (Fsp3) is 0.471. The van der Waals surface area contributed by atoms with Crippen molar-refractivity contribution < 1.29 is 4.74 Å². The van der Waals surface area contributed by atoms with Gasteiger partial charge in [0.2, 0.25) is 0 Å². The summed E-state index contributed by atoms with van der Waals surface area (Å²) in [6, 6.07) is 9.82. The zero-order valence-electron chi connectivity index (χ0n) is 13.2. The Morgan fingerprint density at radius 3 is 2.81 bits per heavy atom. The van der Waals surface area contributed by atoms with Gasteiger partial charge in [0.1, 0.15) is 12.4 Å². The quantitative estimate of drug-likeness (QED) is 0.329. The first-order valence-corrected chi connectivity index (χ1v) is 7.56. The number of unbranched alkanes of at least 4 members (excludes halogenated alkanes) is 1. The van der Waals surface area contributed by atoms with Crippen LogP contribution in [0.2, 0.25) is 0 Å². The van der Waals surface area contributed by atoms with E-state index in [1.54, 1.807) is 0 Å². The number of allylic oxidation sites excluding steroid dienone is 1. The van der Waals surface area contributed by atoms with Gasteiger partial charge in [-0.25, -0.2) is 4.99 Å². The van der Waals surface area contributed by atoms with Gasteiger partial charge in [-0.1, -0.05) is 24.3 Å². The molecule has 0 bridgehead atoms. The fourth-order valence-corrected chi connectivity index (χ4v) is 1.88. The number of hydrogen-bond acceptors (Lipinski definition) is 2. The van der Waals surface area contributed by atoms with Crippen molar-refractivity contribution in [3.63, 3.8) is 0 Å². The monoisotopic (exact) mass is 289 g/mol. The molecule has 0 aliphatic carbocycles. The molecule has 1 aromatic rings. The summed E-state index contributed by atoms with van der Waals surface area (Å²) in [7, 11) is 2.06. The SMILES string of the molecule is C=CCCCN(C)C(=NCCOc1ccccc1)NCC. The molecule has 0 aliphatic rings. The Balaban J connectivity index is 2.38. The highest BCUT2D eigenvalue weighted by molar-refractivity contribution is 5.79. The number of nitrogens with one attached hydrogen (secondary N) is 1. The molecule has 4 nitrogen and oxygen atoms in total. The van der Waals surface area contributed by atoms with E-state index < -0.39 is 0 Å². The molecule has 0 fully saturated rings. The van der Waals surface area contributed by atoms with E-state index in [0.29, 0.717) is 13.2 Å². The Morgan fingerprint density at radius 1 is 1.38 bits per heavy atom. The molecule has 0 heterocycles. The molecule has 21 heavy (non-hydrogen) atoms. The Labute approximate surface area is 128 Å². The minimum absolute atomic E-state index is 0.583. The minimum Gasteiger partial charge on any atom is -0.492 e. The van der Waals surface area contributed by atoms with E-state index in [9.17, 15) is 0 Å². The van der Waals surface area contributed by atoms with Crippen LogP contribution in [0.1, 0.15) is 19.8 Å². The lowest BCUT2D eigenvalue weighted by molar-refractivity contribution is 0.327. The van der Waals surface area contributed by atoms with Gasteiger partial charge in [-0.3, -0.25) is 0 Å². The molecule has 1 rings (SSSR count). The Kier molecular flexibility index (Phi) is 8.76. The van der Waals surface area contributed by atoms with Gasteiger partial charge in [0.25, 0.3) is 0 Å². The molecule has 0 saturated heterocycles. The predicted octanol–water partition coefficient (Wildman–Crippen LogP) is 2.93. The summed E-state index contributed by atoms with van der Waals surface area (Å²) in [5.74, 6) is 1.82. The van der Waals surface area contributed by atoms with Crippen LogP contribution in [0, 0.1) is 0 Å². The molecule has 1 aromatic carbocycles. The van der Waals surface area contributed by atoms with Crippen LogP contribution in [-0.4, -0.2) is 44.1 Å². The topological polar surface area (TPSA) is 36.9 Å². The predicted molar refractivity (Wildman–Crippen MR) is 90.0 cm³/mol. The maximum Gasteiger partial charge on any atom is 0.193 e. The second-order valence-electron chi connectivity index (χ2n) is 4.75. The molecule has 0 aromatic heterocycles. The van der Waals surface area contributed by atoms with Gasteiger partial charge in [-0.05, 0) is 31.9 Å². The summed E-state index contributed by atoms with van der Waals surface area (Å²) in [5.41, 5.74) is 0. The van der Waals surface area contributed by atoms with Crippen molar-refractivity contribution in [2.45, 2.75) is 19.8 Å². The van der Waals surface area contributed by atoms with Crippen molar-refractivity contribution in [1.29, 1.82) is 0 Å². The normalized spacial score (nSPS) is 11.0. The second-order valence-corrected chi connectivity index (χ2v) is 4.75. The third-order valence-corrected chi connectivity index (χ3v) is 2.96. The van der Waals surface area contributed by atoms with Gasteiger partial charge in [0, 0.05) is 20.1 Å². The number of guanidine groups is 1. The lowest BCUT2D eigenvalue weighted by Crippen LogP contribution is -2.39. The van der Waals surface area contributed by atoms with Crippen molar-refractivity contribution in [3.05, 3.63) is 43.0 Å². The Hall–Kier alpha value is -1.97. The first-order chi connectivity index (χ1) is 10.3. The first-order valence-electron chi connectivity index (χ1n) is 7.56. The Bertz CT molecular complexity index is 417. The van der Waals surface area contributed by atoms with Gasteiger partial charge in [0.15, 0.2) is 5.96 Å². The summed E-state index contributed by atoms with van der Waals surface area (Å²) in [5, 5.41) is 3.30. The number of para-hydroxylation sites is 1. The largest absolute Gasteiger partial charge is 0.492 e. The van der Waals surface area contributed by atoms with E-state index in [0.717, 1.165) is 37.6 Å². The smallest absolute Gasteiger partial charge is 0.193 e. The van der Waals surface area contributed by atoms with Crippen LogP contribution in [0.5, 0.6) is 5.75 Å². The summed E-state index contributed by atoms with van der Waals surface area (Å²) < 4.78 is 5.65. The molecule has 0 spiro atoms. The van der Waals surface area contributed by atoms with Crippen molar-refractivity contribution in [2.24, 2.45) is 4.99 Å². The average Bonchev–Trinajstić information content (AvgIpc) is 2.51. The third-order valence-electron chi connectivity index (χ3n) is 2.96. The molecule has 0 unspecified atom stereocenters. The van der Waals surface area contributed by atoms with Gasteiger partial charge in [0.05, 0.1) is 6.54 Å². The molecule has 0 atom stereocenters. The van der Waals surface area contributed by atoms with Gasteiger partial charge in [-0.15, -0.1) is 6.58 Å². The van der Waals surface area contributed by atoms with Gasteiger partial charge >= 0.3 is 0 Å². The lowest BCUT2D eigenvalue weighted by Gasteiger charge is -2.21. The van der Waals surface area contributed by atoms with Crippen molar-refractivity contribution in [1.82, 2.24) is 10.2 Å². The van der Waals surface area contributed by atoms with E-state index >= 15 is 0 Å². The summed E-state index contributed by atoms with van der Waals surface area (Å²) in [4.78, 5) is 6.74. The molecule has 0 radical (unpaired) electrons. The van der Waals surface area contributed by atoms with E-state index in [1.807, 2.05) is 36.4 Å². The minimum atomic E-state index is 0.583. The van der Waals surface area contributed by atoms with Crippen molar-refractivity contribution >= 4 is 5.96 Å². The Morgan fingerprint density at radius 2 is 2.14 bits per heavy atom. The summed E-state index contributed by atoms with van der Waals surface area (Å²) in [6.45, 7) is 8.88. The average molecular weight is 289 g/mol. The number of ether oxygens (including phenoxy) is 1. The molecular formula is C17H27N3O. The van der Waals surface area contributed by atoms with Crippen LogP contribution < -0.4 is 10.1 Å². The van der Waals surface area contributed by atoms with Crippen LogP contribution in [-0.2, 0) is 0 Å². The van der Waals surface area contributed by atoms with E-state index in [4.69, 9.17) is 4.74 Å². The number of aliphatic imine (C=N–C) groups is 1.